The molecule has 4 heterocycles. The minimum Gasteiger partial charge on any atom is -0.441 e. The lowest BCUT2D eigenvalue weighted by atomic mass is 9.95. The fraction of sp³-hybridized carbons (Fsp3) is 0.579. The lowest BCUT2D eigenvalue weighted by Crippen LogP contribution is -2.37. The van der Waals surface area contributed by atoms with E-state index in [1.165, 1.54) is 0 Å². The monoisotopic (exact) mass is 371 g/mol. The Bertz CT molecular complexity index is 937. The van der Waals surface area contributed by atoms with Crippen LogP contribution in [0.5, 0.6) is 0 Å². The summed E-state index contributed by atoms with van der Waals surface area (Å²) in [7, 11) is 3.60. The number of fused-ring (bicyclic) bond motifs is 1. The lowest BCUT2D eigenvalue weighted by molar-refractivity contribution is 0.0439. The maximum atomic E-state index is 13.4. The average molecular weight is 371 g/mol. The van der Waals surface area contributed by atoms with E-state index in [0.29, 0.717) is 31.6 Å². The molecule has 2 aromatic rings. The Morgan fingerprint density at radius 1 is 1.22 bits per heavy atom. The molecule has 2 aliphatic heterocycles. The SMILES string of the molecule is Cc1cc(C(=O)N2CCC[C@]3(CC2)CN(C)C(=O)O3)c2c(C)nn(C)c2n1. The number of pyridine rings is 1. The van der Waals surface area contributed by atoms with Gasteiger partial charge >= 0.3 is 6.09 Å². The summed E-state index contributed by atoms with van der Waals surface area (Å²) in [6.07, 6.45) is 1.98. The van der Waals surface area contributed by atoms with Gasteiger partial charge in [0, 0.05) is 39.3 Å². The molecule has 0 N–H and O–H groups in total. The normalized spacial score (nSPS) is 23.2. The Morgan fingerprint density at radius 2 is 2.00 bits per heavy atom. The topological polar surface area (TPSA) is 80.6 Å². The van der Waals surface area contributed by atoms with Gasteiger partial charge in [-0.05, 0) is 32.8 Å². The second-order valence-electron chi connectivity index (χ2n) is 7.77. The summed E-state index contributed by atoms with van der Waals surface area (Å²) < 4.78 is 7.38. The first-order valence-corrected chi connectivity index (χ1v) is 9.34. The number of aromatic nitrogens is 3. The van der Waals surface area contributed by atoms with Crippen molar-refractivity contribution in [1.82, 2.24) is 24.6 Å². The van der Waals surface area contributed by atoms with Crippen LogP contribution < -0.4 is 0 Å². The fourth-order valence-corrected chi connectivity index (χ4v) is 4.33. The highest BCUT2D eigenvalue weighted by molar-refractivity contribution is 6.06. The van der Waals surface area contributed by atoms with Gasteiger partial charge < -0.3 is 14.5 Å². The van der Waals surface area contributed by atoms with Crippen LogP contribution in [0.2, 0.25) is 0 Å². The van der Waals surface area contributed by atoms with Crippen molar-refractivity contribution in [3.05, 3.63) is 23.0 Å². The molecule has 2 aliphatic rings. The summed E-state index contributed by atoms with van der Waals surface area (Å²) in [5.74, 6) is -0.00340. The van der Waals surface area contributed by atoms with Crippen molar-refractivity contribution in [1.29, 1.82) is 0 Å². The molecule has 2 saturated heterocycles. The van der Waals surface area contributed by atoms with Gasteiger partial charge in [-0.3, -0.25) is 9.48 Å². The zero-order valence-corrected chi connectivity index (χ0v) is 16.3. The molecular formula is C19H25N5O3. The Morgan fingerprint density at radius 3 is 2.70 bits per heavy atom. The minimum absolute atomic E-state index is 0.00340. The zero-order valence-electron chi connectivity index (χ0n) is 16.3. The van der Waals surface area contributed by atoms with Crippen LogP contribution >= 0.6 is 0 Å². The molecule has 8 nitrogen and oxygen atoms in total. The van der Waals surface area contributed by atoms with Crippen LogP contribution in [0, 0.1) is 13.8 Å². The molecule has 144 valence electrons. The quantitative estimate of drug-likeness (QED) is 0.766. The van der Waals surface area contributed by atoms with E-state index < -0.39 is 5.60 Å². The van der Waals surface area contributed by atoms with Gasteiger partial charge in [0.05, 0.1) is 23.2 Å². The number of carbonyl (C=O) groups excluding carboxylic acids is 2. The fourth-order valence-electron chi connectivity index (χ4n) is 4.33. The summed E-state index contributed by atoms with van der Waals surface area (Å²) in [6, 6.07) is 1.85. The number of amides is 2. The van der Waals surface area contributed by atoms with Crippen molar-refractivity contribution in [3.8, 4) is 0 Å². The number of likely N-dealkylation sites (tertiary alicyclic amines) is 1. The molecule has 0 aromatic carbocycles. The van der Waals surface area contributed by atoms with Crippen LogP contribution in [0.1, 0.15) is 41.0 Å². The third-order valence-electron chi connectivity index (χ3n) is 5.65. The van der Waals surface area contributed by atoms with Gasteiger partial charge in [-0.15, -0.1) is 0 Å². The van der Waals surface area contributed by atoms with E-state index in [4.69, 9.17) is 4.74 Å². The second kappa shape index (κ2) is 6.21. The smallest absolute Gasteiger partial charge is 0.410 e. The molecule has 0 bridgehead atoms. The maximum Gasteiger partial charge on any atom is 0.410 e. The van der Waals surface area contributed by atoms with Gasteiger partial charge in [-0.1, -0.05) is 0 Å². The molecular weight excluding hydrogens is 346 g/mol. The molecule has 27 heavy (non-hydrogen) atoms. The van der Waals surface area contributed by atoms with Crippen LogP contribution in [0.3, 0.4) is 0 Å². The van der Waals surface area contributed by atoms with Gasteiger partial charge in [0.2, 0.25) is 0 Å². The van der Waals surface area contributed by atoms with Crippen molar-refractivity contribution in [3.63, 3.8) is 0 Å². The highest BCUT2D eigenvalue weighted by Gasteiger charge is 2.44. The Labute approximate surface area is 158 Å². The number of hydrogen-bond acceptors (Lipinski definition) is 5. The highest BCUT2D eigenvalue weighted by Crippen LogP contribution is 2.33. The van der Waals surface area contributed by atoms with Crippen molar-refractivity contribution in [2.24, 2.45) is 7.05 Å². The Balaban J connectivity index is 1.63. The summed E-state index contributed by atoms with van der Waals surface area (Å²) >= 11 is 0. The van der Waals surface area contributed by atoms with Crippen molar-refractivity contribution >= 4 is 23.0 Å². The first-order valence-electron chi connectivity index (χ1n) is 9.34. The van der Waals surface area contributed by atoms with Crippen LogP contribution in [-0.2, 0) is 11.8 Å². The second-order valence-corrected chi connectivity index (χ2v) is 7.77. The summed E-state index contributed by atoms with van der Waals surface area (Å²) in [4.78, 5) is 33.2. The summed E-state index contributed by atoms with van der Waals surface area (Å²) in [6.45, 7) is 5.62. The van der Waals surface area contributed by atoms with Crippen molar-refractivity contribution < 1.29 is 14.3 Å². The summed E-state index contributed by atoms with van der Waals surface area (Å²) in [5, 5.41) is 5.25. The van der Waals surface area contributed by atoms with Crippen LogP contribution in [0.4, 0.5) is 4.79 Å². The number of rotatable bonds is 1. The van der Waals surface area contributed by atoms with Gasteiger partial charge in [-0.2, -0.15) is 5.10 Å². The molecule has 0 unspecified atom stereocenters. The third kappa shape index (κ3) is 2.93. The van der Waals surface area contributed by atoms with Gasteiger partial charge in [0.25, 0.3) is 5.91 Å². The van der Waals surface area contributed by atoms with E-state index >= 15 is 0 Å². The largest absolute Gasteiger partial charge is 0.441 e. The first kappa shape index (κ1) is 17.8. The van der Waals surface area contributed by atoms with Crippen molar-refractivity contribution in [2.45, 2.75) is 38.7 Å². The molecule has 2 amide bonds. The Hall–Kier alpha value is -2.64. The molecule has 8 heteroatoms. The van der Waals surface area contributed by atoms with Gasteiger partial charge in [0.1, 0.15) is 5.60 Å². The molecule has 0 radical (unpaired) electrons. The molecule has 4 rings (SSSR count). The first-order chi connectivity index (χ1) is 12.8. The van der Waals surface area contributed by atoms with Gasteiger partial charge in [-0.25, -0.2) is 9.78 Å². The van der Waals surface area contributed by atoms with E-state index in [-0.39, 0.29) is 12.0 Å². The number of ether oxygens (including phenoxy) is 1. The minimum atomic E-state index is -0.464. The van der Waals surface area contributed by atoms with E-state index in [2.05, 4.69) is 10.1 Å². The standard InChI is InChI=1S/C19H25N5O3/c1-12-10-14(15-13(2)21-23(4)16(15)20-12)17(25)24-8-5-6-19(7-9-24)11-22(3)18(26)27-19/h10H,5-9,11H2,1-4H3/t19-/m0/s1. The van der Waals surface area contributed by atoms with E-state index in [0.717, 1.165) is 35.3 Å². The molecule has 2 aromatic heterocycles. The molecule has 1 atom stereocenters. The number of likely N-dealkylation sites (N-methyl/N-ethyl adjacent to an activating group) is 1. The van der Waals surface area contributed by atoms with Crippen LogP contribution in [-0.4, -0.2) is 68.8 Å². The maximum absolute atomic E-state index is 13.4. The van der Waals surface area contributed by atoms with Crippen LogP contribution in [0.15, 0.2) is 6.07 Å². The van der Waals surface area contributed by atoms with Crippen LogP contribution in [0.25, 0.3) is 11.0 Å². The molecule has 0 aliphatic carbocycles. The van der Waals surface area contributed by atoms with E-state index in [1.54, 1.807) is 16.6 Å². The number of nitrogens with zero attached hydrogens (tertiary/aromatic N) is 5. The third-order valence-corrected chi connectivity index (χ3v) is 5.65. The van der Waals surface area contributed by atoms with Crippen molar-refractivity contribution in [2.75, 3.05) is 26.7 Å². The average Bonchev–Trinajstić information content (AvgIpc) is 2.95. The Kier molecular flexibility index (Phi) is 4.09. The zero-order chi connectivity index (χ0) is 19.3. The highest BCUT2D eigenvalue weighted by atomic mass is 16.6. The van der Waals surface area contributed by atoms with E-state index in [1.807, 2.05) is 31.9 Å². The summed E-state index contributed by atoms with van der Waals surface area (Å²) in [5.41, 5.74) is 2.52. The van der Waals surface area contributed by atoms with E-state index in [9.17, 15) is 9.59 Å². The number of carbonyl (C=O) groups is 2. The number of hydrogen-bond donors (Lipinski definition) is 0. The van der Waals surface area contributed by atoms with Gasteiger partial charge in [0.15, 0.2) is 5.65 Å². The lowest BCUT2D eigenvalue weighted by Gasteiger charge is -2.25. The molecule has 1 spiro atoms. The molecule has 0 saturated carbocycles. The number of aryl methyl sites for hydroxylation is 3. The molecule has 2 fully saturated rings. The predicted molar refractivity (Wildman–Crippen MR) is 99.6 cm³/mol. The predicted octanol–water partition coefficient (Wildman–Crippen LogP) is 2.03.